The lowest BCUT2D eigenvalue weighted by Crippen LogP contribution is -2.50. The van der Waals surface area contributed by atoms with Crippen molar-refractivity contribution in [3.8, 4) is 0 Å². The van der Waals surface area contributed by atoms with Crippen molar-refractivity contribution in [2.45, 2.75) is 44.0 Å². The van der Waals surface area contributed by atoms with Crippen LogP contribution in [0.25, 0.3) is 0 Å². The molecular weight excluding hydrogens is 472 g/mol. The molecule has 2 rings (SSSR count). The first kappa shape index (κ1) is 28.7. The number of primary sulfonamides is 1. The number of nitrogens with one attached hydrogen (secondary N) is 1. The molecule has 35 heavy (non-hydrogen) atoms. The molecule has 0 bridgehead atoms. The van der Waals surface area contributed by atoms with E-state index < -0.39 is 15.9 Å². The molecule has 1 saturated heterocycles. The van der Waals surface area contributed by atoms with E-state index in [9.17, 15) is 22.8 Å². The van der Waals surface area contributed by atoms with Crippen molar-refractivity contribution in [1.82, 2.24) is 20.0 Å². The molecule has 11 nitrogen and oxygen atoms in total. The number of hydrogen-bond donors (Lipinski definition) is 3. The number of sulfonamides is 1. The Labute approximate surface area is 207 Å². The summed E-state index contributed by atoms with van der Waals surface area (Å²) in [5.41, 5.74) is 6.11. The topological polar surface area (TPSA) is 159 Å². The van der Waals surface area contributed by atoms with Crippen LogP contribution in [0.2, 0.25) is 0 Å². The Morgan fingerprint density at radius 3 is 2.23 bits per heavy atom. The average Bonchev–Trinajstić information content (AvgIpc) is 3.30. The van der Waals surface area contributed by atoms with Crippen molar-refractivity contribution in [2.24, 2.45) is 10.9 Å². The first-order valence-corrected chi connectivity index (χ1v) is 13.4. The fraction of sp³-hybridized carbons (Fsp3) is 0.609. The average molecular weight is 511 g/mol. The fourth-order valence-corrected chi connectivity index (χ4v) is 4.45. The van der Waals surface area contributed by atoms with Crippen LogP contribution in [0.1, 0.15) is 32.3 Å². The second kappa shape index (κ2) is 13.5. The Hall–Kier alpha value is -2.54. The summed E-state index contributed by atoms with van der Waals surface area (Å²) >= 11 is 0. The molecule has 0 unspecified atom stereocenters. The Bertz CT molecular complexity index is 961. The molecule has 5 N–H and O–H groups in total. The molecule has 3 amide bonds. The highest BCUT2D eigenvalue weighted by Crippen LogP contribution is 2.10. The Morgan fingerprint density at radius 2 is 1.69 bits per heavy atom. The van der Waals surface area contributed by atoms with Gasteiger partial charge in [0.05, 0.1) is 18.0 Å². The number of nitrogens with two attached hydrogens (primary N) is 2. The van der Waals surface area contributed by atoms with E-state index in [0.717, 1.165) is 25.2 Å². The van der Waals surface area contributed by atoms with E-state index in [1.165, 1.54) is 34.8 Å². The van der Waals surface area contributed by atoms with E-state index in [1.54, 1.807) is 12.1 Å². The second-order valence-corrected chi connectivity index (χ2v) is 10.6. The minimum Gasteiger partial charge on any atom is -0.368 e. The van der Waals surface area contributed by atoms with Crippen LogP contribution in [0.5, 0.6) is 0 Å². The molecule has 12 heteroatoms. The molecule has 1 aromatic rings. The first-order valence-electron chi connectivity index (χ1n) is 11.9. The van der Waals surface area contributed by atoms with Gasteiger partial charge in [-0.05, 0) is 63.9 Å². The van der Waals surface area contributed by atoms with Crippen molar-refractivity contribution in [3.63, 3.8) is 0 Å². The van der Waals surface area contributed by atoms with Crippen LogP contribution >= 0.6 is 0 Å². The third-order valence-corrected chi connectivity index (χ3v) is 6.88. The van der Waals surface area contributed by atoms with Gasteiger partial charge < -0.3 is 25.8 Å². The maximum absolute atomic E-state index is 13.0. The predicted octanol–water partition coefficient (Wildman–Crippen LogP) is -0.887. The number of rotatable bonds is 14. The number of primary amides is 1. The van der Waals surface area contributed by atoms with Gasteiger partial charge in [0.2, 0.25) is 27.7 Å². The minimum absolute atomic E-state index is 0.00792. The summed E-state index contributed by atoms with van der Waals surface area (Å²) in [4.78, 5) is 42.5. The molecule has 1 aromatic carbocycles. The van der Waals surface area contributed by atoms with E-state index >= 15 is 0 Å². The number of carbonyl (C=O) groups excluding carboxylic acids is 3. The van der Waals surface area contributed by atoms with E-state index in [-0.39, 0.29) is 48.9 Å². The monoisotopic (exact) mass is 510 g/mol. The lowest BCUT2D eigenvalue weighted by Gasteiger charge is -2.30. The van der Waals surface area contributed by atoms with Gasteiger partial charge in [-0.15, -0.1) is 0 Å². The highest BCUT2D eigenvalue weighted by atomic mass is 32.2. The largest absolute Gasteiger partial charge is 0.368 e. The highest BCUT2D eigenvalue weighted by Gasteiger charge is 2.24. The number of hydrogen-bond acceptors (Lipinski definition) is 7. The van der Waals surface area contributed by atoms with Crippen LogP contribution in [0.15, 0.2) is 29.2 Å². The van der Waals surface area contributed by atoms with Crippen LogP contribution in [-0.4, -0.2) is 99.2 Å². The molecule has 0 aliphatic carbocycles. The third kappa shape index (κ3) is 9.92. The van der Waals surface area contributed by atoms with E-state index in [1.807, 2.05) is 13.8 Å². The third-order valence-electron chi connectivity index (χ3n) is 5.95. The Balaban J connectivity index is 1.93. The van der Waals surface area contributed by atoms with Gasteiger partial charge in [-0.1, -0.05) is 12.1 Å². The second-order valence-electron chi connectivity index (χ2n) is 9.06. The molecule has 0 radical (unpaired) electrons. The summed E-state index contributed by atoms with van der Waals surface area (Å²) in [6, 6.07) is 5.78. The molecule has 1 fully saturated rings. The smallest absolute Gasteiger partial charge is 0.242 e. The fourth-order valence-electron chi connectivity index (χ4n) is 3.93. The van der Waals surface area contributed by atoms with Crippen molar-refractivity contribution in [3.05, 3.63) is 29.8 Å². The van der Waals surface area contributed by atoms with Crippen LogP contribution in [0, 0.1) is 0 Å². The minimum atomic E-state index is -3.79. The molecule has 1 heterocycles. The summed E-state index contributed by atoms with van der Waals surface area (Å²) < 4.78 is 22.8. The van der Waals surface area contributed by atoms with Crippen LogP contribution in [0.4, 0.5) is 0 Å². The van der Waals surface area contributed by atoms with Crippen molar-refractivity contribution in [2.75, 3.05) is 52.4 Å². The number of carbonyl (C=O) groups is 3. The predicted molar refractivity (Wildman–Crippen MR) is 133 cm³/mol. The first-order chi connectivity index (χ1) is 16.5. The number of nitrogens with zero attached hydrogens (tertiary/aromatic N) is 3. The standard InChI is InChI=1S/C23H38N6O5S/c1-18(2)29(22(31)15-26-10-14-27-11-3-4-12-27)17-23(32)28(16-21(24)30)13-9-19-5-7-20(8-6-19)35(25,33)34/h5-8,18,26H,3-4,9-17H2,1-2H3,(H2,24,30)(H2,25,33,34). The molecule has 1 aliphatic rings. The summed E-state index contributed by atoms with van der Waals surface area (Å²) in [6.07, 6.45) is 2.80. The number of benzene rings is 1. The van der Waals surface area contributed by atoms with Gasteiger partial charge in [0.25, 0.3) is 0 Å². The van der Waals surface area contributed by atoms with Gasteiger partial charge in [0, 0.05) is 25.7 Å². The quantitative estimate of drug-likeness (QED) is 0.274. The van der Waals surface area contributed by atoms with Gasteiger partial charge in [-0.3, -0.25) is 14.4 Å². The van der Waals surface area contributed by atoms with E-state index in [2.05, 4.69) is 10.2 Å². The molecule has 196 valence electrons. The maximum Gasteiger partial charge on any atom is 0.242 e. The Kier molecular flexibility index (Phi) is 11.1. The van der Waals surface area contributed by atoms with Gasteiger partial charge in [0.15, 0.2) is 0 Å². The van der Waals surface area contributed by atoms with Gasteiger partial charge in [0.1, 0.15) is 6.54 Å². The summed E-state index contributed by atoms with van der Waals surface area (Å²) in [6.45, 7) is 7.31. The Morgan fingerprint density at radius 1 is 1.06 bits per heavy atom. The van der Waals surface area contributed by atoms with E-state index in [4.69, 9.17) is 10.9 Å². The van der Waals surface area contributed by atoms with Crippen molar-refractivity contribution >= 4 is 27.7 Å². The summed E-state index contributed by atoms with van der Waals surface area (Å²) in [5.74, 6) is -1.23. The maximum atomic E-state index is 13.0. The highest BCUT2D eigenvalue weighted by molar-refractivity contribution is 7.89. The normalized spacial score (nSPS) is 14.3. The van der Waals surface area contributed by atoms with Crippen LogP contribution < -0.4 is 16.2 Å². The van der Waals surface area contributed by atoms with Crippen molar-refractivity contribution < 1.29 is 22.8 Å². The lowest BCUT2D eigenvalue weighted by atomic mass is 10.1. The zero-order chi connectivity index (χ0) is 26.0. The number of likely N-dealkylation sites (tertiary alicyclic amines) is 1. The molecule has 0 aromatic heterocycles. The SMILES string of the molecule is CC(C)N(CC(=O)N(CCc1ccc(S(N)(=O)=O)cc1)CC(N)=O)C(=O)CNCCN1CCCC1. The van der Waals surface area contributed by atoms with Gasteiger partial charge >= 0.3 is 0 Å². The van der Waals surface area contributed by atoms with Crippen LogP contribution in [-0.2, 0) is 30.8 Å². The zero-order valence-electron chi connectivity index (χ0n) is 20.6. The lowest BCUT2D eigenvalue weighted by molar-refractivity contribution is -0.142. The molecule has 0 spiro atoms. The number of amides is 3. The molecule has 0 atom stereocenters. The summed E-state index contributed by atoms with van der Waals surface area (Å²) in [5, 5.41) is 8.27. The summed E-state index contributed by atoms with van der Waals surface area (Å²) in [7, 11) is -3.79. The van der Waals surface area contributed by atoms with Crippen LogP contribution in [0.3, 0.4) is 0 Å². The molecule has 0 saturated carbocycles. The molecule has 1 aliphatic heterocycles. The zero-order valence-corrected chi connectivity index (χ0v) is 21.4. The van der Waals surface area contributed by atoms with E-state index in [0.29, 0.717) is 13.0 Å². The van der Waals surface area contributed by atoms with Gasteiger partial charge in [-0.25, -0.2) is 13.6 Å². The van der Waals surface area contributed by atoms with Gasteiger partial charge in [-0.2, -0.15) is 0 Å². The molecular formula is C23H38N6O5S. The van der Waals surface area contributed by atoms with Crippen molar-refractivity contribution in [1.29, 1.82) is 0 Å².